The monoisotopic (exact) mass is 394 g/mol. The molecule has 0 spiro atoms. The van der Waals surface area contributed by atoms with E-state index in [1.165, 1.54) is 27.1 Å². The summed E-state index contributed by atoms with van der Waals surface area (Å²) >= 11 is 0. The van der Waals surface area contributed by atoms with Crippen molar-refractivity contribution in [1.29, 1.82) is 0 Å². The number of carboxylic acids is 1. The number of carbonyl (C=O) groups excluding carboxylic acids is 1. The molecule has 0 aliphatic heterocycles. The van der Waals surface area contributed by atoms with Crippen LogP contribution in [0.1, 0.15) is 28.8 Å². The van der Waals surface area contributed by atoms with Crippen molar-refractivity contribution in [2.45, 2.75) is 25.2 Å². The van der Waals surface area contributed by atoms with Crippen LogP contribution in [0.15, 0.2) is 39.6 Å². The molecule has 0 radical (unpaired) electrons. The van der Waals surface area contributed by atoms with Crippen LogP contribution in [0.3, 0.4) is 0 Å². The van der Waals surface area contributed by atoms with Gasteiger partial charge in [-0.25, -0.2) is 12.7 Å². The Morgan fingerprint density at radius 2 is 1.81 bits per heavy atom. The minimum Gasteiger partial charge on any atom is -0.481 e. The maximum absolute atomic E-state index is 12.3. The first-order chi connectivity index (χ1) is 12.5. The number of carboxylic acid groups (broad SMARTS) is 1. The van der Waals surface area contributed by atoms with Crippen LogP contribution >= 0.6 is 0 Å². The number of nitrogens with zero attached hydrogens (tertiary/aromatic N) is 1. The quantitative estimate of drug-likeness (QED) is 0.744. The first kappa shape index (κ1) is 20.7. The summed E-state index contributed by atoms with van der Waals surface area (Å²) < 4.78 is 30.8. The molecule has 1 amide bonds. The molecule has 1 aromatic heterocycles. The van der Waals surface area contributed by atoms with Crippen molar-refractivity contribution < 1.29 is 27.5 Å². The van der Waals surface area contributed by atoms with Gasteiger partial charge in [0.15, 0.2) is 5.76 Å². The number of furan rings is 1. The Morgan fingerprint density at radius 3 is 2.33 bits per heavy atom. The number of carbonyl (C=O) groups is 2. The van der Waals surface area contributed by atoms with Crippen molar-refractivity contribution in [3.63, 3.8) is 0 Å². The van der Waals surface area contributed by atoms with Crippen LogP contribution in [-0.2, 0) is 21.2 Å². The molecule has 1 atom stereocenters. The van der Waals surface area contributed by atoms with Crippen molar-refractivity contribution >= 4 is 27.6 Å². The summed E-state index contributed by atoms with van der Waals surface area (Å²) in [5.41, 5.74) is 1.31. The molecule has 0 fully saturated rings. The fraction of sp³-hybridized carbons (Fsp3) is 0.333. The van der Waals surface area contributed by atoms with Crippen molar-refractivity contribution in [3.8, 4) is 0 Å². The van der Waals surface area contributed by atoms with Crippen LogP contribution in [0.4, 0.5) is 5.69 Å². The lowest BCUT2D eigenvalue weighted by Gasteiger charge is -2.09. The number of nitrogens with one attached hydrogen (secondary N) is 1. The number of benzene rings is 1. The van der Waals surface area contributed by atoms with Gasteiger partial charge in [-0.15, -0.1) is 0 Å². The third-order valence-corrected chi connectivity index (χ3v) is 5.95. The van der Waals surface area contributed by atoms with Gasteiger partial charge in [0.05, 0.1) is 5.92 Å². The van der Waals surface area contributed by atoms with Gasteiger partial charge in [-0.05, 0) is 31.0 Å². The highest BCUT2D eigenvalue weighted by Gasteiger charge is 2.26. The summed E-state index contributed by atoms with van der Waals surface area (Å²) in [5, 5.41) is 11.6. The molecule has 2 N–H and O–H groups in total. The fourth-order valence-electron chi connectivity index (χ4n) is 2.39. The molecule has 1 heterocycles. The molecule has 2 aromatic rings. The van der Waals surface area contributed by atoms with Crippen LogP contribution in [0.2, 0.25) is 0 Å². The van der Waals surface area contributed by atoms with E-state index < -0.39 is 27.8 Å². The largest absolute Gasteiger partial charge is 0.481 e. The minimum absolute atomic E-state index is 0.0596. The number of hydrogen-bond donors (Lipinski definition) is 2. The second-order valence-electron chi connectivity index (χ2n) is 6.41. The first-order valence-corrected chi connectivity index (χ1v) is 9.62. The molecule has 1 unspecified atom stereocenters. The zero-order valence-electron chi connectivity index (χ0n) is 15.5. The zero-order chi connectivity index (χ0) is 20.4. The van der Waals surface area contributed by atoms with Gasteiger partial charge in [0.1, 0.15) is 10.7 Å². The van der Waals surface area contributed by atoms with Gasteiger partial charge in [0.25, 0.3) is 5.91 Å². The van der Waals surface area contributed by atoms with Gasteiger partial charge in [-0.2, -0.15) is 0 Å². The smallest absolute Gasteiger partial charge is 0.306 e. The summed E-state index contributed by atoms with van der Waals surface area (Å²) in [5.74, 6) is -1.94. The van der Waals surface area contributed by atoms with Gasteiger partial charge in [0, 0.05) is 25.8 Å². The predicted octanol–water partition coefficient (Wildman–Crippen LogP) is 2.35. The predicted molar refractivity (Wildman–Crippen MR) is 99.2 cm³/mol. The molecular formula is C18H22N2O6S. The van der Waals surface area contributed by atoms with Crippen LogP contribution in [0.5, 0.6) is 0 Å². The fourth-order valence-corrected chi connectivity index (χ4v) is 3.44. The Labute approximate surface area is 157 Å². The highest BCUT2D eigenvalue weighted by molar-refractivity contribution is 7.89. The summed E-state index contributed by atoms with van der Waals surface area (Å²) in [6.07, 6.45) is 0.382. The maximum Gasteiger partial charge on any atom is 0.306 e. The minimum atomic E-state index is -3.71. The molecule has 146 valence electrons. The number of amides is 1. The number of aliphatic carboxylic acids is 1. The SMILES string of the molecule is Cc1oc(C(=O)Nc2ccc(CC(C)C(=O)O)cc2)cc1S(=O)(=O)N(C)C. The van der Waals surface area contributed by atoms with Gasteiger partial charge in [-0.1, -0.05) is 19.1 Å². The van der Waals surface area contributed by atoms with Crippen molar-refractivity contribution in [2.75, 3.05) is 19.4 Å². The summed E-state index contributed by atoms with van der Waals surface area (Å²) in [7, 11) is -0.912. The highest BCUT2D eigenvalue weighted by atomic mass is 32.2. The van der Waals surface area contributed by atoms with E-state index in [2.05, 4.69) is 5.32 Å². The average molecular weight is 394 g/mol. The highest BCUT2D eigenvalue weighted by Crippen LogP contribution is 2.23. The Bertz CT molecular complexity index is 945. The normalized spacial score (nSPS) is 12.8. The molecule has 0 bridgehead atoms. The van der Waals surface area contributed by atoms with E-state index in [4.69, 9.17) is 9.52 Å². The van der Waals surface area contributed by atoms with Crippen molar-refractivity contribution in [2.24, 2.45) is 5.92 Å². The number of aryl methyl sites for hydroxylation is 1. The number of hydrogen-bond acceptors (Lipinski definition) is 5. The molecular weight excluding hydrogens is 372 g/mol. The Hall–Kier alpha value is -2.65. The lowest BCUT2D eigenvalue weighted by atomic mass is 10.0. The molecule has 0 saturated carbocycles. The molecule has 9 heteroatoms. The van der Waals surface area contributed by atoms with Crippen molar-refractivity contribution in [3.05, 3.63) is 47.4 Å². The average Bonchev–Trinajstić information content (AvgIpc) is 2.99. The lowest BCUT2D eigenvalue weighted by molar-refractivity contribution is -0.141. The molecule has 8 nitrogen and oxygen atoms in total. The summed E-state index contributed by atoms with van der Waals surface area (Å²) in [4.78, 5) is 23.2. The number of sulfonamides is 1. The Kier molecular flexibility index (Phi) is 6.07. The van der Waals surface area contributed by atoms with E-state index >= 15 is 0 Å². The summed E-state index contributed by atoms with van der Waals surface area (Å²) in [6, 6.07) is 7.95. The molecule has 1 aromatic carbocycles. The van der Waals surface area contributed by atoms with E-state index in [1.807, 2.05) is 0 Å². The summed E-state index contributed by atoms with van der Waals surface area (Å²) in [6.45, 7) is 3.10. The Balaban J connectivity index is 2.13. The van der Waals surface area contributed by atoms with E-state index in [9.17, 15) is 18.0 Å². The first-order valence-electron chi connectivity index (χ1n) is 8.18. The standard InChI is InChI=1S/C18H22N2O6S/c1-11(18(22)23)9-13-5-7-14(8-6-13)19-17(21)15-10-16(12(2)26-15)27(24,25)20(3)4/h5-8,10-11H,9H2,1-4H3,(H,19,21)(H,22,23). The zero-order valence-corrected chi connectivity index (χ0v) is 16.3. The van der Waals surface area contributed by atoms with Crippen LogP contribution in [-0.4, -0.2) is 43.8 Å². The maximum atomic E-state index is 12.3. The topological polar surface area (TPSA) is 117 Å². The molecule has 0 aliphatic rings. The molecule has 0 aliphatic carbocycles. The lowest BCUT2D eigenvalue weighted by Crippen LogP contribution is -2.22. The van der Waals surface area contributed by atoms with Gasteiger partial charge < -0.3 is 14.8 Å². The van der Waals surface area contributed by atoms with Crippen molar-refractivity contribution in [1.82, 2.24) is 4.31 Å². The second kappa shape index (κ2) is 7.93. The number of rotatable bonds is 7. The van der Waals surface area contributed by atoms with Gasteiger partial charge in [-0.3, -0.25) is 9.59 Å². The van der Waals surface area contributed by atoms with E-state index in [-0.39, 0.29) is 16.4 Å². The molecule has 0 saturated heterocycles. The van der Waals surface area contributed by atoms with E-state index in [0.717, 1.165) is 9.87 Å². The van der Waals surface area contributed by atoms with Gasteiger partial charge in [0.2, 0.25) is 10.0 Å². The van der Waals surface area contributed by atoms with Crippen LogP contribution < -0.4 is 5.32 Å². The van der Waals surface area contributed by atoms with E-state index in [1.54, 1.807) is 31.2 Å². The second-order valence-corrected chi connectivity index (χ2v) is 8.53. The number of anilines is 1. The molecule has 27 heavy (non-hydrogen) atoms. The van der Waals surface area contributed by atoms with E-state index in [0.29, 0.717) is 12.1 Å². The van der Waals surface area contributed by atoms with Gasteiger partial charge >= 0.3 is 5.97 Å². The molecule has 2 rings (SSSR count). The van der Waals surface area contributed by atoms with Crippen LogP contribution in [0.25, 0.3) is 0 Å². The van der Waals surface area contributed by atoms with Crippen LogP contribution in [0, 0.1) is 12.8 Å². The third kappa shape index (κ3) is 4.75. The third-order valence-electron chi connectivity index (χ3n) is 4.03. The Morgan fingerprint density at radius 1 is 1.22 bits per heavy atom.